The Hall–Kier alpha value is -0.787. The zero-order valence-corrected chi connectivity index (χ0v) is 11.0. The second kappa shape index (κ2) is 7.50. The van der Waals surface area contributed by atoms with Crippen LogP contribution in [-0.4, -0.2) is 59.9 Å². The summed E-state index contributed by atoms with van der Waals surface area (Å²) in [5, 5.41) is 37.2. The number of carbonyl (C=O) groups is 3. The summed E-state index contributed by atoms with van der Waals surface area (Å²) in [5.41, 5.74) is -2.86. The molecular formula is C6H17BiNO7. The molecule has 0 saturated heterocycles. The molecule has 0 bridgehead atoms. The summed E-state index contributed by atoms with van der Waals surface area (Å²) >= 11 is 0. The van der Waals surface area contributed by atoms with Crippen LogP contribution in [0.2, 0.25) is 0 Å². The van der Waals surface area contributed by atoms with Crippen LogP contribution in [0.3, 0.4) is 0 Å². The first kappa shape index (κ1) is 19.7. The minimum atomic E-state index is -2.86. The van der Waals surface area contributed by atoms with Gasteiger partial charge >= 0.3 is 32.2 Å². The molecule has 8 nitrogen and oxygen atoms in total. The van der Waals surface area contributed by atoms with E-state index in [0.717, 1.165) is 0 Å². The van der Waals surface area contributed by atoms with Crippen LogP contribution in [0, 0.1) is 0 Å². The molecule has 0 aromatic rings. The van der Waals surface area contributed by atoms with Crippen LogP contribution in [0.4, 0.5) is 0 Å². The summed E-state index contributed by atoms with van der Waals surface area (Å²) in [5.74, 6) is -5.65. The van der Waals surface area contributed by atoms with E-state index in [4.69, 9.17) is 10.2 Å². The third-order valence-electron chi connectivity index (χ3n) is 1.27. The zero-order valence-electron chi connectivity index (χ0n) is 7.50. The van der Waals surface area contributed by atoms with E-state index < -0.39 is 36.4 Å². The van der Waals surface area contributed by atoms with Crippen LogP contribution < -0.4 is 16.4 Å². The minimum Gasteiger partial charge on any atom is -0.550 e. The Balaban J connectivity index is -0.0000000480. The van der Waals surface area contributed by atoms with E-state index in [1.54, 1.807) is 0 Å². The van der Waals surface area contributed by atoms with E-state index in [9.17, 15) is 24.6 Å². The maximum atomic E-state index is 10.3. The normalized spacial score (nSPS) is 9.40. The van der Waals surface area contributed by atoms with Gasteiger partial charge in [-0.1, -0.05) is 0 Å². The molecule has 0 aliphatic heterocycles. The Morgan fingerprint density at radius 3 is 1.53 bits per heavy atom. The molecule has 0 amide bonds. The number of hydrogen-bond acceptors (Lipinski definition) is 7. The number of rotatable bonds is 5. The molecule has 0 fully saturated rings. The molecule has 0 rings (SSSR count). The van der Waals surface area contributed by atoms with Crippen LogP contribution in [0.1, 0.15) is 18.5 Å². The number of carboxylic acid groups (broad SMARTS) is 3. The van der Waals surface area contributed by atoms with Gasteiger partial charge in [0.25, 0.3) is 0 Å². The Bertz CT molecular complexity index is 252. The molecule has 0 heterocycles. The Morgan fingerprint density at radius 2 is 1.40 bits per heavy atom. The number of carboxylic acids is 3. The zero-order chi connectivity index (χ0) is 10.6. The van der Waals surface area contributed by atoms with Crippen molar-refractivity contribution in [2.45, 2.75) is 18.4 Å². The Kier molecular flexibility index (Phi) is 9.86. The van der Waals surface area contributed by atoms with E-state index in [0.29, 0.717) is 0 Å². The molecule has 0 aromatic carbocycles. The van der Waals surface area contributed by atoms with Crippen molar-refractivity contribution in [3.05, 3.63) is 0 Å². The fourth-order valence-corrected chi connectivity index (χ4v) is 0.691. The van der Waals surface area contributed by atoms with Crippen molar-refractivity contribution in [3.8, 4) is 0 Å². The van der Waals surface area contributed by atoms with Gasteiger partial charge in [0.15, 0.2) is 5.60 Å². The minimum absolute atomic E-state index is 0. The second-order valence-electron chi connectivity index (χ2n) is 2.43. The van der Waals surface area contributed by atoms with Gasteiger partial charge in [0, 0.05) is 30.5 Å². The second-order valence-corrected chi connectivity index (χ2v) is 2.43. The van der Waals surface area contributed by atoms with Gasteiger partial charge in [0.2, 0.25) is 0 Å². The molecule has 0 aliphatic rings. The quantitative estimate of drug-likeness (QED) is 0.388. The van der Waals surface area contributed by atoms with E-state index in [-0.39, 0.29) is 38.1 Å². The first-order valence-corrected chi connectivity index (χ1v) is 3.13. The van der Waals surface area contributed by atoms with E-state index in [2.05, 4.69) is 0 Å². The summed E-state index contributed by atoms with van der Waals surface area (Å²) in [7, 11) is 0. The first-order valence-electron chi connectivity index (χ1n) is 3.13. The van der Waals surface area contributed by atoms with Gasteiger partial charge in [-0.25, -0.2) is 4.79 Å². The fourth-order valence-electron chi connectivity index (χ4n) is 0.691. The van der Waals surface area contributed by atoms with Gasteiger partial charge < -0.3 is 36.2 Å². The van der Waals surface area contributed by atoms with Crippen molar-refractivity contribution >= 4 is 44.1 Å². The summed E-state index contributed by atoms with van der Waals surface area (Å²) in [4.78, 5) is 30.2. The summed E-state index contributed by atoms with van der Waals surface area (Å²) in [6.45, 7) is 0. The van der Waals surface area contributed by atoms with Gasteiger partial charge in [0.05, 0.1) is 0 Å². The summed E-state index contributed by atoms with van der Waals surface area (Å²) in [6, 6.07) is 0. The molecule has 0 saturated carbocycles. The summed E-state index contributed by atoms with van der Waals surface area (Å²) < 4.78 is 0. The van der Waals surface area contributed by atoms with Gasteiger partial charge in [-0.15, -0.1) is 0 Å². The smallest absolute Gasteiger partial charge is 0.550 e. The molecule has 0 unspecified atom stereocenters. The largest absolute Gasteiger partial charge is 2.00 e. The van der Waals surface area contributed by atoms with Crippen molar-refractivity contribution in [1.29, 1.82) is 0 Å². The molecule has 0 aliphatic carbocycles. The number of carbonyl (C=O) groups excluding carboxylic acids is 2. The van der Waals surface area contributed by atoms with Gasteiger partial charge in [-0.3, -0.25) is 0 Å². The average Bonchev–Trinajstić information content (AvgIpc) is 1.82. The van der Waals surface area contributed by atoms with Crippen molar-refractivity contribution in [3.63, 3.8) is 0 Å². The van der Waals surface area contributed by atoms with E-state index >= 15 is 0 Å². The maximum Gasteiger partial charge on any atom is 2.00 e. The summed E-state index contributed by atoms with van der Waals surface area (Å²) in [6.07, 6.45) is -2.59. The molecule has 9 heteroatoms. The molecule has 3 radical (unpaired) electrons. The predicted octanol–water partition coefficient (Wildman–Crippen LogP) is -3.15. The van der Waals surface area contributed by atoms with Crippen LogP contribution in [0.15, 0.2) is 0 Å². The van der Waals surface area contributed by atoms with Crippen LogP contribution in [0.5, 0.6) is 0 Å². The van der Waals surface area contributed by atoms with Crippen molar-refractivity contribution in [1.82, 2.24) is 6.15 Å². The third kappa shape index (κ3) is 7.18. The van der Waals surface area contributed by atoms with Crippen LogP contribution >= 0.6 is 0 Å². The standard InChI is InChI=1S/C6H8O7.Bi.H3N.4H2/c7-3(8)1-6(13,5(11)12)2-4(9)10;;;;;;/h13H,1-2H2,(H,7,8)(H,9,10)(H,11,12);;1H3;4*1H/q;+2;;;;;/p-2. The molecule has 93 valence electrons. The topological polar surface area (TPSA) is 173 Å². The predicted molar refractivity (Wildman–Crippen MR) is 51.1 cm³/mol. The fraction of sp³-hybridized carbons (Fsp3) is 0.500. The average molecular weight is 424 g/mol. The molecular weight excluding hydrogens is 407 g/mol. The Labute approximate surface area is 110 Å². The third-order valence-corrected chi connectivity index (χ3v) is 1.27. The van der Waals surface area contributed by atoms with E-state index in [1.807, 2.05) is 0 Å². The van der Waals surface area contributed by atoms with Crippen molar-refractivity contribution < 1.29 is 40.5 Å². The van der Waals surface area contributed by atoms with Gasteiger partial charge in [-0.2, -0.15) is 0 Å². The van der Waals surface area contributed by atoms with Crippen LogP contribution in [0.25, 0.3) is 0 Å². The van der Waals surface area contributed by atoms with Gasteiger partial charge in [0.1, 0.15) is 0 Å². The molecule has 5 N–H and O–H groups in total. The monoisotopic (exact) mass is 424 g/mol. The number of aliphatic hydroxyl groups is 1. The first-order chi connectivity index (χ1) is 5.78. The molecule has 15 heavy (non-hydrogen) atoms. The van der Waals surface area contributed by atoms with Crippen LogP contribution in [-0.2, 0) is 14.4 Å². The molecule has 0 atom stereocenters. The molecule has 0 aromatic heterocycles. The van der Waals surface area contributed by atoms with Crippen molar-refractivity contribution in [2.75, 3.05) is 0 Å². The van der Waals surface area contributed by atoms with Gasteiger partial charge in [-0.05, 0) is 0 Å². The SMILES string of the molecule is N.O=C([O-])CC(O)(CC(=O)[O-])C(=O)O.[Bi+2].[HH].[HH].[HH].[HH]. The Morgan fingerprint density at radius 1 is 1.13 bits per heavy atom. The maximum absolute atomic E-state index is 10.3. The van der Waals surface area contributed by atoms with Crippen molar-refractivity contribution in [2.24, 2.45) is 0 Å². The molecule has 0 spiro atoms. The van der Waals surface area contributed by atoms with E-state index in [1.165, 1.54) is 0 Å². The number of hydrogen-bond donors (Lipinski definition) is 3. The number of aliphatic carboxylic acids is 3.